The van der Waals surface area contributed by atoms with Gasteiger partial charge in [0.2, 0.25) is 5.91 Å². The van der Waals surface area contributed by atoms with E-state index in [2.05, 4.69) is 11.9 Å². The Balaban J connectivity index is 2.27. The molecule has 0 aliphatic heterocycles. The summed E-state index contributed by atoms with van der Waals surface area (Å²) in [6, 6.07) is 0.457. The SMILES string of the molecule is C=CCNCC(=O)N(CCOC)C1CC1. The molecule has 1 fully saturated rings. The van der Waals surface area contributed by atoms with E-state index >= 15 is 0 Å². The van der Waals surface area contributed by atoms with Gasteiger partial charge in [-0.1, -0.05) is 6.08 Å². The van der Waals surface area contributed by atoms with Gasteiger partial charge in [0.15, 0.2) is 0 Å². The molecule has 0 aromatic rings. The van der Waals surface area contributed by atoms with E-state index in [1.54, 1.807) is 13.2 Å². The van der Waals surface area contributed by atoms with Gasteiger partial charge in [-0.15, -0.1) is 6.58 Å². The van der Waals surface area contributed by atoms with Crippen molar-refractivity contribution in [3.63, 3.8) is 0 Å². The lowest BCUT2D eigenvalue weighted by atomic mass is 10.4. The zero-order valence-corrected chi connectivity index (χ0v) is 9.37. The molecule has 1 aliphatic rings. The molecule has 1 saturated carbocycles. The summed E-state index contributed by atoms with van der Waals surface area (Å²) in [5.74, 6) is 0.163. The van der Waals surface area contributed by atoms with Crippen molar-refractivity contribution in [2.45, 2.75) is 18.9 Å². The minimum absolute atomic E-state index is 0.163. The average molecular weight is 212 g/mol. The van der Waals surface area contributed by atoms with Gasteiger partial charge in [0.05, 0.1) is 13.2 Å². The van der Waals surface area contributed by atoms with Crippen LogP contribution in [0.3, 0.4) is 0 Å². The highest BCUT2D eigenvalue weighted by Crippen LogP contribution is 2.26. The molecule has 1 N–H and O–H groups in total. The van der Waals surface area contributed by atoms with Crippen LogP contribution < -0.4 is 5.32 Å². The number of hydrogen-bond acceptors (Lipinski definition) is 3. The summed E-state index contributed by atoms with van der Waals surface area (Å²) in [5, 5.41) is 3.02. The first-order chi connectivity index (χ1) is 7.29. The van der Waals surface area contributed by atoms with Gasteiger partial charge < -0.3 is 15.0 Å². The Bertz CT molecular complexity index is 215. The highest BCUT2D eigenvalue weighted by Gasteiger charge is 2.31. The van der Waals surface area contributed by atoms with Crippen LogP contribution in [0.1, 0.15) is 12.8 Å². The molecule has 0 aromatic heterocycles. The van der Waals surface area contributed by atoms with Crippen LogP contribution in [0.25, 0.3) is 0 Å². The van der Waals surface area contributed by atoms with Crippen molar-refractivity contribution in [2.75, 3.05) is 33.4 Å². The van der Waals surface area contributed by atoms with Crippen molar-refractivity contribution < 1.29 is 9.53 Å². The highest BCUT2D eigenvalue weighted by atomic mass is 16.5. The molecular weight excluding hydrogens is 192 g/mol. The molecular formula is C11H20N2O2. The second-order valence-corrected chi connectivity index (χ2v) is 3.73. The number of nitrogens with one attached hydrogen (secondary N) is 1. The third-order valence-corrected chi connectivity index (χ3v) is 2.41. The second-order valence-electron chi connectivity index (χ2n) is 3.73. The van der Waals surface area contributed by atoms with Gasteiger partial charge >= 0.3 is 0 Å². The summed E-state index contributed by atoms with van der Waals surface area (Å²) in [4.78, 5) is 13.7. The third-order valence-electron chi connectivity index (χ3n) is 2.41. The molecule has 0 unspecified atom stereocenters. The lowest BCUT2D eigenvalue weighted by Gasteiger charge is -2.22. The Morgan fingerprint density at radius 1 is 1.67 bits per heavy atom. The fourth-order valence-electron chi connectivity index (χ4n) is 1.47. The summed E-state index contributed by atoms with van der Waals surface area (Å²) < 4.78 is 5.00. The van der Waals surface area contributed by atoms with E-state index in [9.17, 15) is 4.79 Å². The molecule has 0 bridgehead atoms. The standard InChI is InChI=1S/C11H20N2O2/c1-3-6-12-9-11(14)13(7-8-15-2)10-4-5-10/h3,10,12H,1,4-9H2,2H3. The van der Waals surface area contributed by atoms with E-state index in [1.807, 2.05) is 4.90 Å². The summed E-state index contributed by atoms with van der Waals surface area (Å²) >= 11 is 0. The fourth-order valence-corrected chi connectivity index (χ4v) is 1.47. The fraction of sp³-hybridized carbons (Fsp3) is 0.727. The number of methoxy groups -OCH3 is 1. The number of carbonyl (C=O) groups is 1. The van der Waals surface area contributed by atoms with Crippen LogP contribution in [-0.2, 0) is 9.53 Å². The molecule has 4 nitrogen and oxygen atoms in total. The lowest BCUT2D eigenvalue weighted by Crippen LogP contribution is -2.41. The zero-order valence-electron chi connectivity index (χ0n) is 9.37. The first-order valence-electron chi connectivity index (χ1n) is 5.39. The van der Waals surface area contributed by atoms with E-state index in [-0.39, 0.29) is 5.91 Å². The zero-order chi connectivity index (χ0) is 11.1. The third kappa shape index (κ3) is 4.44. The summed E-state index contributed by atoms with van der Waals surface area (Å²) in [6.45, 7) is 5.98. The second kappa shape index (κ2) is 6.58. The summed E-state index contributed by atoms with van der Waals surface area (Å²) in [7, 11) is 1.66. The van der Waals surface area contributed by atoms with E-state index in [4.69, 9.17) is 4.74 Å². The van der Waals surface area contributed by atoms with E-state index < -0.39 is 0 Å². The number of amides is 1. The summed E-state index contributed by atoms with van der Waals surface area (Å²) in [5.41, 5.74) is 0. The molecule has 0 heterocycles. The van der Waals surface area contributed by atoms with E-state index in [0.717, 1.165) is 12.8 Å². The number of rotatable bonds is 8. The van der Waals surface area contributed by atoms with Crippen molar-refractivity contribution >= 4 is 5.91 Å². The van der Waals surface area contributed by atoms with Crippen molar-refractivity contribution in [3.05, 3.63) is 12.7 Å². The van der Waals surface area contributed by atoms with Crippen molar-refractivity contribution in [1.29, 1.82) is 0 Å². The monoisotopic (exact) mass is 212 g/mol. The molecule has 1 amide bonds. The van der Waals surface area contributed by atoms with Crippen LogP contribution in [0.4, 0.5) is 0 Å². The normalized spacial score (nSPS) is 15.0. The molecule has 0 aromatic carbocycles. The van der Waals surface area contributed by atoms with Crippen LogP contribution in [-0.4, -0.2) is 50.2 Å². The maximum atomic E-state index is 11.8. The van der Waals surface area contributed by atoms with Gasteiger partial charge in [-0.3, -0.25) is 4.79 Å². The van der Waals surface area contributed by atoms with Gasteiger partial charge in [-0.2, -0.15) is 0 Å². The van der Waals surface area contributed by atoms with Crippen LogP contribution >= 0.6 is 0 Å². The van der Waals surface area contributed by atoms with E-state index in [0.29, 0.717) is 32.3 Å². The minimum atomic E-state index is 0.163. The van der Waals surface area contributed by atoms with Gasteiger partial charge in [0, 0.05) is 26.2 Å². The van der Waals surface area contributed by atoms with Gasteiger partial charge in [0.25, 0.3) is 0 Å². The molecule has 4 heteroatoms. The van der Waals surface area contributed by atoms with Gasteiger partial charge in [0.1, 0.15) is 0 Å². The van der Waals surface area contributed by atoms with E-state index in [1.165, 1.54) is 0 Å². The van der Waals surface area contributed by atoms with Crippen LogP contribution in [0, 0.1) is 0 Å². The Morgan fingerprint density at radius 3 is 2.93 bits per heavy atom. The molecule has 0 spiro atoms. The summed E-state index contributed by atoms with van der Waals surface area (Å²) in [6.07, 6.45) is 4.03. The van der Waals surface area contributed by atoms with Crippen LogP contribution in [0.15, 0.2) is 12.7 Å². The Hall–Kier alpha value is -0.870. The topological polar surface area (TPSA) is 41.6 Å². The number of ether oxygens (including phenoxy) is 1. The number of hydrogen-bond donors (Lipinski definition) is 1. The smallest absolute Gasteiger partial charge is 0.236 e. The quantitative estimate of drug-likeness (QED) is 0.468. The van der Waals surface area contributed by atoms with Crippen LogP contribution in [0.2, 0.25) is 0 Å². The first kappa shape index (κ1) is 12.2. The minimum Gasteiger partial charge on any atom is -0.383 e. The van der Waals surface area contributed by atoms with Crippen LogP contribution in [0.5, 0.6) is 0 Å². The Kier molecular flexibility index (Phi) is 5.36. The highest BCUT2D eigenvalue weighted by molar-refractivity contribution is 5.78. The van der Waals surface area contributed by atoms with Gasteiger partial charge in [-0.05, 0) is 12.8 Å². The molecule has 15 heavy (non-hydrogen) atoms. The average Bonchev–Trinajstić information content (AvgIpc) is 3.03. The van der Waals surface area contributed by atoms with Crippen molar-refractivity contribution in [3.8, 4) is 0 Å². The molecule has 0 atom stereocenters. The number of carbonyl (C=O) groups excluding carboxylic acids is 1. The van der Waals surface area contributed by atoms with Crippen molar-refractivity contribution in [1.82, 2.24) is 10.2 Å². The van der Waals surface area contributed by atoms with Crippen molar-refractivity contribution in [2.24, 2.45) is 0 Å². The molecule has 1 rings (SSSR count). The maximum Gasteiger partial charge on any atom is 0.236 e. The van der Waals surface area contributed by atoms with Gasteiger partial charge in [-0.25, -0.2) is 0 Å². The predicted octanol–water partition coefficient (Wildman–Crippen LogP) is 0.399. The molecule has 1 aliphatic carbocycles. The lowest BCUT2D eigenvalue weighted by molar-refractivity contribution is -0.131. The molecule has 0 saturated heterocycles. The largest absolute Gasteiger partial charge is 0.383 e. The molecule has 86 valence electrons. The Morgan fingerprint density at radius 2 is 2.40 bits per heavy atom. The first-order valence-corrected chi connectivity index (χ1v) is 5.39. The maximum absolute atomic E-state index is 11.8. The molecule has 0 radical (unpaired) electrons. The number of nitrogens with zero attached hydrogens (tertiary/aromatic N) is 1. The Labute approximate surface area is 91.3 Å². The predicted molar refractivity (Wildman–Crippen MR) is 59.7 cm³/mol.